The number of halogens is 1. The van der Waals surface area contributed by atoms with Crippen LogP contribution in [0.25, 0.3) is 0 Å². The summed E-state index contributed by atoms with van der Waals surface area (Å²) in [7, 11) is 0. The Hall–Kier alpha value is -1.27. The van der Waals surface area contributed by atoms with Gasteiger partial charge in [0.15, 0.2) is 0 Å². The fourth-order valence-electron chi connectivity index (χ4n) is 3.53. The van der Waals surface area contributed by atoms with E-state index < -0.39 is 0 Å². The topological polar surface area (TPSA) is 0 Å². The van der Waals surface area contributed by atoms with Crippen LogP contribution in [0, 0.1) is 0 Å². The van der Waals surface area contributed by atoms with Gasteiger partial charge in [-0.15, -0.1) is 11.6 Å². The molecule has 0 fully saturated rings. The minimum Gasteiger partial charge on any atom is -0.121 e. The summed E-state index contributed by atoms with van der Waals surface area (Å²) in [6.45, 7) is 0. The molecule has 1 unspecified atom stereocenters. The summed E-state index contributed by atoms with van der Waals surface area (Å²) in [6.07, 6.45) is 1.10. The summed E-state index contributed by atoms with van der Waals surface area (Å²) in [6, 6.07) is 17.5. The first-order chi connectivity index (χ1) is 8.36. The summed E-state index contributed by atoms with van der Waals surface area (Å²) < 4.78 is 0. The predicted molar refractivity (Wildman–Crippen MR) is 70.8 cm³/mol. The van der Waals surface area contributed by atoms with Gasteiger partial charge in [-0.1, -0.05) is 48.5 Å². The number of fused-ring (bicyclic) bond motifs is 7. The molecule has 0 saturated carbocycles. The van der Waals surface area contributed by atoms with Crippen LogP contribution >= 0.6 is 11.6 Å². The highest BCUT2D eigenvalue weighted by molar-refractivity contribution is 6.22. The summed E-state index contributed by atoms with van der Waals surface area (Å²) in [5, 5.41) is 0.238. The minimum absolute atomic E-state index is 0.238. The van der Waals surface area contributed by atoms with E-state index in [2.05, 4.69) is 48.5 Å². The minimum atomic E-state index is 0.238. The van der Waals surface area contributed by atoms with Crippen molar-refractivity contribution < 1.29 is 0 Å². The molecule has 3 atom stereocenters. The number of hydrogen-bond acceptors (Lipinski definition) is 0. The maximum atomic E-state index is 6.67. The lowest BCUT2D eigenvalue weighted by molar-refractivity contribution is 0.602. The normalized spacial score (nSPS) is 28.6. The largest absolute Gasteiger partial charge is 0.121 e. The molecule has 4 rings (SSSR count). The number of rotatable bonds is 0. The second-order valence-electron chi connectivity index (χ2n) is 5.06. The molecule has 0 nitrogen and oxygen atoms in total. The van der Waals surface area contributed by atoms with Crippen molar-refractivity contribution in [3.05, 3.63) is 70.8 Å². The lowest BCUT2D eigenvalue weighted by atomic mass is 9.81. The van der Waals surface area contributed by atoms with E-state index in [1.807, 2.05) is 0 Å². The van der Waals surface area contributed by atoms with Crippen LogP contribution in [0.4, 0.5) is 0 Å². The Morgan fingerprint density at radius 2 is 1.47 bits per heavy atom. The van der Waals surface area contributed by atoms with Crippen LogP contribution in [-0.2, 0) is 6.42 Å². The SMILES string of the molecule is ClC1[C@@H]2c3ccccc3C[C@H]1c1ccccc12. The van der Waals surface area contributed by atoms with E-state index >= 15 is 0 Å². The monoisotopic (exact) mass is 240 g/mol. The fourth-order valence-corrected chi connectivity index (χ4v) is 4.03. The number of hydrogen-bond donors (Lipinski definition) is 0. The molecule has 2 aliphatic rings. The molecule has 2 aromatic rings. The molecule has 0 radical (unpaired) electrons. The van der Waals surface area contributed by atoms with E-state index in [-0.39, 0.29) is 5.38 Å². The van der Waals surface area contributed by atoms with Crippen molar-refractivity contribution in [1.82, 2.24) is 0 Å². The lowest BCUT2D eigenvalue weighted by Gasteiger charge is -2.28. The second-order valence-corrected chi connectivity index (χ2v) is 5.56. The third-order valence-corrected chi connectivity index (χ3v) is 4.82. The van der Waals surface area contributed by atoms with Crippen molar-refractivity contribution in [2.75, 3.05) is 0 Å². The van der Waals surface area contributed by atoms with Crippen LogP contribution < -0.4 is 0 Å². The molecule has 84 valence electrons. The molecule has 0 aliphatic heterocycles. The summed E-state index contributed by atoms with van der Waals surface area (Å²) in [5.74, 6) is 0.913. The predicted octanol–water partition coefficient (Wildman–Crippen LogP) is 4.08. The van der Waals surface area contributed by atoms with Crippen LogP contribution in [0.2, 0.25) is 0 Å². The van der Waals surface area contributed by atoms with Crippen molar-refractivity contribution in [2.24, 2.45) is 0 Å². The Kier molecular flexibility index (Phi) is 1.93. The van der Waals surface area contributed by atoms with Crippen LogP contribution in [0.3, 0.4) is 0 Å². The molecular weight excluding hydrogens is 228 g/mol. The van der Waals surface area contributed by atoms with E-state index in [1.54, 1.807) is 0 Å². The molecule has 2 aromatic carbocycles. The lowest BCUT2D eigenvalue weighted by Crippen LogP contribution is -2.22. The first-order valence-electron chi connectivity index (χ1n) is 6.17. The Labute approximate surface area is 106 Å². The molecule has 0 N–H and O–H groups in total. The summed E-state index contributed by atoms with van der Waals surface area (Å²) in [5.41, 5.74) is 5.83. The zero-order valence-electron chi connectivity index (χ0n) is 9.44. The highest BCUT2D eigenvalue weighted by Crippen LogP contribution is 2.53. The van der Waals surface area contributed by atoms with E-state index in [1.165, 1.54) is 22.3 Å². The maximum absolute atomic E-state index is 6.67. The van der Waals surface area contributed by atoms with Gasteiger partial charge in [0.2, 0.25) is 0 Å². The van der Waals surface area contributed by atoms with E-state index in [4.69, 9.17) is 11.6 Å². The quantitative estimate of drug-likeness (QED) is 0.609. The van der Waals surface area contributed by atoms with Gasteiger partial charge in [0.1, 0.15) is 0 Å². The fraction of sp³-hybridized carbons (Fsp3) is 0.250. The van der Waals surface area contributed by atoms with E-state index in [0.29, 0.717) is 11.8 Å². The van der Waals surface area contributed by atoms with Crippen molar-refractivity contribution in [2.45, 2.75) is 23.6 Å². The Morgan fingerprint density at radius 3 is 2.29 bits per heavy atom. The van der Waals surface area contributed by atoms with Gasteiger partial charge in [-0.2, -0.15) is 0 Å². The first kappa shape index (κ1) is 9.73. The average molecular weight is 241 g/mol. The zero-order chi connectivity index (χ0) is 11.4. The average Bonchev–Trinajstić information content (AvgIpc) is 2.56. The molecule has 0 aromatic heterocycles. The van der Waals surface area contributed by atoms with Crippen molar-refractivity contribution in [3.63, 3.8) is 0 Å². The molecule has 0 amide bonds. The first-order valence-corrected chi connectivity index (χ1v) is 6.60. The van der Waals surface area contributed by atoms with Gasteiger partial charge in [0.05, 0.1) is 5.38 Å². The molecule has 17 heavy (non-hydrogen) atoms. The van der Waals surface area contributed by atoms with Gasteiger partial charge >= 0.3 is 0 Å². The third-order valence-electron chi connectivity index (χ3n) is 4.26. The molecule has 2 aliphatic carbocycles. The van der Waals surface area contributed by atoms with Crippen LogP contribution in [0.15, 0.2) is 48.5 Å². The van der Waals surface area contributed by atoms with E-state index in [0.717, 1.165) is 6.42 Å². The van der Waals surface area contributed by atoms with Crippen molar-refractivity contribution >= 4 is 11.6 Å². The standard InChI is InChI=1S/C16H13Cl/c17-16-14-9-10-5-1-2-6-11(10)15(16)13-8-4-3-7-12(13)14/h1-8,14-16H,9H2/t14-,15+,16?/m0/s1. The molecular formula is C16H13Cl. The van der Waals surface area contributed by atoms with Gasteiger partial charge in [0, 0.05) is 11.8 Å². The number of alkyl halides is 1. The van der Waals surface area contributed by atoms with Gasteiger partial charge in [-0.25, -0.2) is 0 Å². The molecule has 0 saturated heterocycles. The van der Waals surface area contributed by atoms with E-state index in [9.17, 15) is 0 Å². The van der Waals surface area contributed by atoms with Gasteiger partial charge in [0.25, 0.3) is 0 Å². The summed E-state index contributed by atoms with van der Waals surface area (Å²) in [4.78, 5) is 0. The smallest absolute Gasteiger partial charge is 0.0517 e. The Balaban J connectivity index is 2.00. The number of benzene rings is 2. The molecule has 0 heterocycles. The highest BCUT2D eigenvalue weighted by Gasteiger charge is 2.44. The second kappa shape index (κ2) is 3.36. The van der Waals surface area contributed by atoms with Crippen molar-refractivity contribution in [1.29, 1.82) is 0 Å². The Bertz CT molecular complexity index is 577. The van der Waals surface area contributed by atoms with Crippen LogP contribution in [0.1, 0.15) is 34.1 Å². The zero-order valence-corrected chi connectivity index (χ0v) is 10.2. The highest BCUT2D eigenvalue weighted by atomic mass is 35.5. The third kappa shape index (κ3) is 1.19. The van der Waals surface area contributed by atoms with Crippen LogP contribution in [-0.4, -0.2) is 5.38 Å². The molecule has 2 bridgehead atoms. The van der Waals surface area contributed by atoms with Gasteiger partial charge < -0.3 is 0 Å². The molecule has 1 heteroatoms. The molecule has 0 spiro atoms. The van der Waals surface area contributed by atoms with Gasteiger partial charge in [-0.3, -0.25) is 0 Å². The van der Waals surface area contributed by atoms with Gasteiger partial charge in [-0.05, 0) is 28.7 Å². The summed E-state index contributed by atoms with van der Waals surface area (Å²) >= 11 is 6.67. The van der Waals surface area contributed by atoms with Crippen LogP contribution in [0.5, 0.6) is 0 Å². The maximum Gasteiger partial charge on any atom is 0.0517 e. The van der Waals surface area contributed by atoms with Crippen molar-refractivity contribution in [3.8, 4) is 0 Å². The Morgan fingerprint density at radius 1 is 0.824 bits per heavy atom.